The molecule has 0 saturated heterocycles. The molecule has 2 aromatic carbocycles. The maximum atomic E-state index is 12.2. The summed E-state index contributed by atoms with van der Waals surface area (Å²) in [6.45, 7) is 3.24. The van der Waals surface area contributed by atoms with Crippen LogP contribution in [0.4, 0.5) is 0 Å². The fourth-order valence-electron chi connectivity index (χ4n) is 4.85. The Balaban J connectivity index is 1.61. The molecule has 5 heteroatoms. The minimum atomic E-state index is -0.314. The van der Waals surface area contributed by atoms with Gasteiger partial charge in [-0.15, -0.1) is 0 Å². The molecular weight excluding hydrogens is 386 g/mol. The Bertz CT molecular complexity index is 1140. The van der Waals surface area contributed by atoms with Crippen molar-refractivity contribution in [3.63, 3.8) is 0 Å². The predicted molar refractivity (Wildman–Crippen MR) is 115 cm³/mol. The largest absolute Gasteiger partial charge is 0.476 e. The van der Waals surface area contributed by atoms with E-state index in [0.29, 0.717) is 35.7 Å². The van der Waals surface area contributed by atoms with E-state index < -0.39 is 0 Å². The second kappa shape index (κ2) is 7.51. The van der Waals surface area contributed by atoms with Crippen LogP contribution >= 0.6 is 11.6 Å². The zero-order valence-corrected chi connectivity index (χ0v) is 17.3. The molecule has 5 rings (SSSR count). The number of fused-ring (bicyclic) bond motifs is 4. The smallest absolute Gasteiger partial charge is 0.336 e. The van der Waals surface area contributed by atoms with Gasteiger partial charge in [0.2, 0.25) is 0 Å². The molecule has 150 valence electrons. The normalized spacial score (nSPS) is 18.9. The van der Waals surface area contributed by atoms with Crippen LogP contribution in [0.5, 0.6) is 5.75 Å². The van der Waals surface area contributed by atoms with E-state index in [1.54, 1.807) is 6.07 Å². The first-order chi connectivity index (χ1) is 14.2. The molecule has 0 N–H and O–H groups in total. The third-order valence-corrected chi connectivity index (χ3v) is 6.44. The van der Waals surface area contributed by atoms with Crippen molar-refractivity contribution in [1.29, 1.82) is 0 Å². The van der Waals surface area contributed by atoms with Crippen molar-refractivity contribution in [2.75, 3.05) is 6.73 Å². The summed E-state index contributed by atoms with van der Waals surface area (Å²) in [5, 5.41) is 1.51. The lowest BCUT2D eigenvalue weighted by Gasteiger charge is -2.38. The molecule has 1 aliphatic carbocycles. The second-order valence-corrected chi connectivity index (χ2v) is 8.42. The Labute approximate surface area is 175 Å². The number of rotatable bonds is 3. The van der Waals surface area contributed by atoms with Gasteiger partial charge in [0.05, 0.1) is 10.6 Å². The van der Waals surface area contributed by atoms with Crippen molar-refractivity contribution in [2.24, 2.45) is 0 Å². The maximum absolute atomic E-state index is 12.2. The standard InChI is InChI=1S/C24H24ClNO3/c1-2-6-16-11-22(27)29-23-18(16)12-20(25)24-19(23)13-26(14-28-24)21-10-5-8-15-7-3-4-9-17(15)21/h3-4,7,9,11-12,21H,2,5-6,8,10,13-14H2,1H3. The summed E-state index contributed by atoms with van der Waals surface area (Å²) in [7, 11) is 0. The molecule has 0 radical (unpaired) electrons. The zero-order chi connectivity index (χ0) is 20.0. The van der Waals surface area contributed by atoms with E-state index in [-0.39, 0.29) is 5.63 Å². The Kier molecular flexibility index (Phi) is 4.84. The van der Waals surface area contributed by atoms with E-state index in [2.05, 4.69) is 36.1 Å². The van der Waals surface area contributed by atoms with Crippen molar-refractivity contribution in [3.8, 4) is 5.75 Å². The predicted octanol–water partition coefficient (Wildman–Crippen LogP) is 5.63. The molecule has 0 fully saturated rings. The van der Waals surface area contributed by atoms with Crippen LogP contribution in [0.15, 0.2) is 45.6 Å². The first-order valence-electron chi connectivity index (χ1n) is 10.4. The SMILES string of the molecule is CCCc1cc(=O)oc2c3c(c(Cl)cc12)OCN(C1CCCc2ccccc21)C3. The Morgan fingerprint density at radius 3 is 2.97 bits per heavy atom. The first kappa shape index (κ1) is 18.7. The van der Waals surface area contributed by atoms with Gasteiger partial charge in [-0.05, 0) is 48.4 Å². The highest BCUT2D eigenvalue weighted by Crippen LogP contribution is 2.43. The van der Waals surface area contributed by atoms with Gasteiger partial charge >= 0.3 is 5.63 Å². The van der Waals surface area contributed by atoms with Crippen molar-refractivity contribution >= 4 is 22.6 Å². The monoisotopic (exact) mass is 409 g/mol. The molecule has 1 aliphatic heterocycles. The topological polar surface area (TPSA) is 42.7 Å². The van der Waals surface area contributed by atoms with Crippen molar-refractivity contribution in [3.05, 3.63) is 74.1 Å². The Hall–Kier alpha value is -2.30. The van der Waals surface area contributed by atoms with Gasteiger partial charge in [-0.25, -0.2) is 4.79 Å². The minimum absolute atomic E-state index is 0.299. The average Bonchev–Trinajstić information content (AvgIpc) is 2.74. The van der Waals surface area contributed by atoms with Crippen LogP contribution in [0, 0.1) is 0 Å². The van der Waals surface area contributed by atoms with E-state index in [1.807, 2.05) is 6.07 Å². The van der Waals surface area contributed by atoms with Gasteiger partial charge in [0, 0.05) is 24.0 Å². The average molecular weight is 410 g/mol. The van der Waals surface area contributed by atoms with Gasteiger partial charge in [-0.1, -0.05) is 49.2 Å². The molecule has 1 aromatic heterocycles. The molecule has 0 bridgehead atoms. The van der Waals surface area contributed by atoms with E-state index in [1.165, 1.54) is 11.1 Å². The lowest BCUT2D eigenvalue weighted by Crippen LogP contribution is -2.37. The summed E-state index contributed by atoms with van der Waals surface area (Å²) in [6, 6.07) is 12.4. The molecule has 29 heavy (non-hydrogen) atoms. The van der Waals surface area contributed by atoms with Crippen LogP contribution in [0.25, 0.3) is 11.0 Å². The van der Waals surface area contributed by atoms with Crippen LogP contribution in [0.2, 0.25) is 5.02 Å². The second-order valence-electron chi connectivity index (χ2n) is 8.01. The van der Waals surface area contributed by atoms with Crippen molar-refractivity contribution < 1.29 is 9.15 Å². The minimum Gasteiger partial charge on any atom is -0.476 e. The number of ether oxygens (including phenoxy) is 1. The molecule has 1 unspecified atom stereocenters. The van der Waals surface area contributed by atoms with Crippen LogP contribution in [0.3, 0.4) is 0 Å². The lowest BCUT2D eigenvalue weighted by atomic mass is 9.86. The van der Waals surface area contributed by atoms with Gasteiger partial charge < -0.3 is 9.15 Å². The highest BCUT2D eigenvalue weighted by Gasteiger charge is 2.32. The summed E-state index contributed by atoms with van der Waals surface area (Å²) in [5.41, 5.74) is 4.98. The zero-order valence-electron chi connectivity index (χ0n) is 16.5. The number of hydrogen-bond acceptors (Lipinski definition) is 4. The maximum Gasteiger partial charge on any atom is 0.336 e. The molecule has 2 aliphatic rings. The summed E-state index contributed by atoms with van der Waals surface area (Å²) in [6.07, 6.45) is 5.16. The van der Waals surface area contributed by atoms with Gasteiger partial charge in [-0.3, -0.25) is 4.90 Å². The third kappa shape index (κ3) is 3.24. The van der Waals surface area contributed by atoms with E-state index in [9.17, 15) is 4.79 Å². The number of halogens is 1. The molecular formula is C24H24ClNO3. The quantitative estimate of drug-likeness (QED) is 0.526. The number of aryl methyl sites for hydroxylation is 2. The summed E-state index contributed by atoms with van der Waals surface area (Å²) >= 11 is 6.58. The van der Waals surface area contributed by atoms with E-state index in [0.717, 1.165) is 48.6 Å². The van der Waals surface area contributed by atoms with E-state index in [4.69, 9.17) is 20.8 Å². The van der Waals surface area contributed by atoms with Gasteiger partial charge in [0.15, 0.2) is 0 Å². The van der Waals surface area contributed by atoms with Gasteiger partial charge in [0.25, 0.3) is 0 Å². The highest BCUT2D eigenvalue weighted by molar-refractivity contribution is 6.33. The summed E-state index contributed by atoms with van der Waals surface area (Å²) < 4.78 is 11.8. The molecule has 0 saturated carbocycles. The number of nitrogens with zero attached hydrogens (tertiary/aromatic N) is 1. The molecule has 4 nitrogen and oxygen atoms in total. The van der Waals surface area contributed by atoms with Crippen LogP contribution in [-0.4, -0.2) is 11.6 Å². The third-order valence-electron chi connectivity index (χ3n) is 6.16. The first-order valence-corrected chi connectivity index (χ1v) is 10.8. The molecule has 2 heterocycles. The van der Waals surface area contributed by atoms with Crippen molar-refractivity contribution in [2.45, 2.75) is 51.6 Å². The van der Waals surface area contributed by atoms with Gasteiger partial charge in [0.1, 0.15) is 18.1 Å². The molecule has 0 amide bonds. The Morgan fingerprint density at radius 1 is 1.24 bits per heavy atom. The summed E-state index contributed by atoms with van der Waals surface area (Å²) in [5.74, 6) is 0.649. The van der Waals surface area contributed by atoms with Crippen molar-refractivity contribution in [1.82, 2.24) is 4.90 Å². The molecule has 3 aromatic rings. The lowest BCUT2D eigenvalue weighted by molar-refractivity contribution is 0.0482. The van der Waals surface area contributed by atoms with Crippen LogP contribution < -0.4 is 10.4 Å². The number of hydrogen-bond donors (Lipinski definition) is 0. The van der Waals surface area contributed by atoms with Crippen LogP contribution in [-0.2, 0) is 19.4 Å². The molecule has 1 atom stereocenters. The summed E-state index contributed by atoms with van der Waals surface area (Å²) in [4.78, 5) is 14.6. The Morgan fingerprint density at radius 2 is 2.10 bits per heavy atom. The fourth-order valence-corrected chi connectivity index (χ4v) is 5.13. The van der Waals surface area contributed by atoms with Crippen LogP contribution in [0.1, 0.15) is 54.5 Å². The highest BCUT2D eigenvalue weighted by atomic mass is 35.5. The van der Waals surface area contributed by atoms with E-state index >= 15 is 0 Å². The fraction of sp³-hybridized carbons (Fsp3) is 0.375. The number of benzene rings is 2. The van der Waals surface area contributed by atoms with Gasteiger partial charge in [-0.2, -0.15) is 0 Å². The molecule has 0 spiro atoms.